The third-order valence-corrected chi connectivity index (χ3v) is 7.20. The van der Waals surface area contributed by atoms with Gasteiger partial charge < -0.3 is 15.4 Å². The molecule has 1 unspecified atom stereocenters. The predicted molar refractivity (Wildman–Crippen MR) is 134 cm³/mol. The molecule has 2 N–H and O–H groups in total. The van der Waals surface area contributed by atoms with Gasteiger partial charge in [0, 0.05) is 56.5 Å². The number of aromatic nitrogens is 3. The van der Waals surface area contributed by atoms with E-state index in [1.165, 1.54) is 5.56 Å². The third-order valence-electron chi connectivity index (χ3n) is 7.20. The van der Waals surface area contributed by atoms with Crippen LogP contribution in [0.25, 0.3) is 11.0 Å². The molecule has 180 valence electrons. The molecule has 0 amide bonds. The van der Waals surface area contributed by atoms with E-state index in [1.54, 1.807) is 22.9 Å². The van der Waals surface area contributed by atoms with Crippen molar-refractivity contribution >= 4 is 17.0 Å². The number of anilines is 1. The molecule has 2 atom stereocenters. The summed E-state index contributed by atoms with van der Waals surface area (Å²) in [5.41, 5.74) is 3.06. The summed E-state index contributed by atoms with van der Waals surface area (Å²) in [5.74, 6) is 0.519. The van der Waals surface area contributed by atoms with E-state index in [0.29, 0.717) is 11.6 Å². The van der Waals surface area contributed by atoms with Crippen LogP contribution in [0.4, 0.5) is 5.95 Å². The van der Waals surface area contributed by atoms with E-state index in [-0.39, 0.29) is 23.2 Å². The van der Waals surface area contributed by atoms with Crippen molar-refractivity contribution in [1.82, 2.24) is 24.8 Å². The summed E-state index contributed by atoms with van der Waals surface area (Å²) in [6.07, 6.45) is 2.80. The molecule has 2 saturated heterocycles. The molecule has 3 aromatic rings. The molecule has 34 heavy (non-hydrogen) atoms. The molecule has 2 fully saturated rings. The first-order chi connectivity index (χ1) is 16.5. The highest BCUT2D eigenvalue weighted by Gasteiger charge is 2.42. The quantitative estimate of drug-likeness (QED) is 0.582. The average molecular weight is 463 g/mol. The maximum atomic E-state index is 12.4. The number of ether oxygens (including phenoxy) is 1. The molecule has 0 bridgehead atoms. The van der Waals surface area contributed by atoms with Crippen molar-refractivity contribution in [2.45, 2.75) is 44.8 Å². The Bertz CT molecular complexity index is 1190. The Morgan fingerprint density at radius 3 is 2.53 bits per heavy atom. The van der Waals surface area contributed by atoms with E-state index in [2.05, 4.69) is 56.7 Å². The van der Waals surface area contributed by atoms with Gasteiger partial charge in [-0.05, 0) is 44.4 Å². The van der Waals surface area contributed by atoms with Crippen molar-refractivity contribution in [2.24, 2.45) is 0 Å². The smallest absolute Gasteiger partial charge is 0.252 e. The number of hydrogen-bond acceptors (Lipinski definition) is 7. The maximum Gasteiger partial charge on any atom is 0.252 e. The minimum absolute atomic E-state index is 0.0180. The zero-order chi connectivity index (χ0) is 23.7. The van der Waals surface area contributed by atoms with Crippen LogP contribution in [0.2, 0.25) is 0 Å². The minimum Gasteiger partial charge on any atom is -0.379 e. The van der Waals surface area contributed by atoms with E-state index in [9.17, 15) is 4.79 Å². The van der Waals surface area contributed by atoms with Gasteiger partial charge in [-0.2, -0.15) is 4.98 Å². The normalized spacial score (nSPS) is 22.4. The van der Waals surface area contributed by atoms with Crippen LogP contribution in [0.3, 0.4) is 0 Å². The van der Waals surface area contributed by atoms with Crippen molar-refractivity contribution in [3.05, 3.63) is 64.1 Å². The molecule has 1 aromatic carbocycles. The Kier molecular flexibility index (Phi) is 6.38. The number of rotatable bonds is 6. The van der Waals surface area contributed by atoms with Crippen LogP contribution in [0.15, 0.2) is 47.4 Å². The molecular weight excluding hydrogens is 428 g/mol. The summed E-state index contributed by atoms with van der Waals surface area (Å²) in [6.45, 7) is 11.8. The summed E-state index contributed by atoms with van der Waals surface area (Å²) in [6, 6.07) is 12.3. The van der Waals surface area contributed by atoms with Gasteiger partial charge in [-0.1, -0.05) is 24.3 Å². The summed E-state index contributed by atoms with van der Waals surface area (Å²) in [5, 5.41) is 7.73. The second-order valence-electron chi connectivity index (χ2n) is 9.67. The van der Waals surface area contributed by atoms with Crippen molar-refractivity contribution < 1.29 is 4.74 Å². The molecule has 2 aromatic heterocycles. The summed E-state index contributed by atoms with van der Waals surface area (Å²) in [7, 11) is 0. The molecular formula is C26H34N6O2. The molecule has 0 spiro atoms. The van der Waals surface area contributed by atoms with E-state index < -0.39 is 0 Å². The maximum absolute atomic E-state index is 12.4. The molecule has 2 aliphatic heterocycles. The molecule has 4 heterocycles. The first kappa shape index (κ1) is 23.0. The van der Waals surface area contributed by atoms with Gasteiger partial charge in [0.2, 0.25) is 5.95 Å². The molecule has 8 heteroatoms. The SMILES string of the molecule is CC(C)n1c(=O)ccc2cnc(N[C@@H](C)c3ccc(C4(N5CCNCC5)CCOC4)cc3)nc21. The van der Waals surface area contributed by atoms with Gasteiger partial charge in [0.1, 0.15) is 5.65 Å². The van der Waals surface area contributed by atoms with Gasteiger partial charge in [-0.25, -0.2) is 4.98 Å². The van der Waals surface area contributed by atoms with Gasteiger partial charge in [0.25, 0.3) is 5.56 Å². The number of pyridine rings is 1. The molecule has 2 aliphatic rings. The van der Waals surface area contributed by atoms with Crippen LogP contribution in [0, 0.1) is 0 Å². The fourth-order valence-corrected chi connectivity index (χ4v) is 5.27. The number of fused-ring (bicyclic) bond motifs is 1. The van der Waals surface area contributed by atoms with E-state index in [0.717, 1.165) is 56.8 Å². The van der Waals surface area contributed by atoms with Crippen LogP contribution >= 0.6 is 0 Å². The van der Waals surface area contributed by atoms with Crippen LogP contribution < -0.4 is 16.2 Å². The Balaban J connectivity index is 1.37. The number of nitrogens with one attached hydrogen (secondary N) is 2. The highest BCUT2D eigenvalue weighted by atomic mass is 16.5. The van der Waals surface area contributed by atoms with E-state index >= 15 is 0 Å². The Hall–Kier alpha value is -2.81. The van der Waals surface area contributed by atoms with Gasteiger partial charge in [-0.3, -0.25) is 14.3 Å². The lowest BCUT2D eigenvalue weighted by molar-refractivity contribution is 0.0534. The van der Waals surface area contributed by atoms with Crippen LogP contribution in [0.5, 0.6) is 0 Å². The standard InChI is InChI=1S/C26H34N6O2/c1-18(2)32-23(33)9-6-21-16-28-25(30-24(21)32)29-19(3)20-4-7-22(8-5-20)26(10-15-34-17-26)31-13-11-27-12-14-31/h4-9,16,18-19,27H,10-15,17H2,1-3H3,(H,28,29,30)/t19-,26?/m0/s1. The predicted octanol–water partition coefficient (Wildman–Crippen LogP) is 3.07. The Labute approximate surface area is 200 Å². The first-order valence-electron chi connectivity index (χ1n) is 12.3. The van der Waals surface area contributed by atoms with Crippen molar-refractivity contribution in [2.75, 3.05) is 44.7 Å². The fraction of sp³-hybridized carbons (Fsp3) is 0.500. The Morgan fingerprint density at radius 2 is 1.85 bits per heavy atom. The zero-order valence-corrected chi connectivity index (χ0v) is 20.3. The molecule has 0 aliphatic carbocycles. The number of benzene rings is 1. The zero-order valence-electron chi connectivity index (χ0n) is 20.3. The van der Waals surface area contributed by atoms with Gasteiger partial charge in [-0.15, -0.1) is 0 Å². The van der Waals surface area contributed by atoms with Crippen LogP contribution in [0.1, 0.15) is 50.4 Å². The summed E-state index contributed by atoms with van der Waals surface area (Å²) < 4.78 is 7.59. The molecule has 0 radical (unpaired) electrons. The lowest BCUT2D eigenvalue weighted by Crippen LogP contribution is -2.54. The Morgan fingerprint density at radius 1 is 1.09 bits per heavy atom. The number of piperazine rings is 1. The first-order valence-corrected chi connectivity index (χ1v) is 12.3. The van der Waals surface area contributed by atoms with Crippen molar-refractivity contribution in [1.29, 1.82) is 0 Å². The highest BCUT2D eigenvalue weighted by molar-refractivity contribution is 5.75. The second kappa shape index (κ2) is 9.44. The lowest BCUT2D eigenvalue weighted by atomic mass is 9.85. The topological polar surface area (TPSA) is 84.3 Å². The molecule has 5 rings (SSSR count). The average Bonchev–Trinajstić information content (AvgIpc) is 3.35. The minimum atomic E-state index is -0.0508. The monoisotopic (exact) mass is 462 g/mol. The summed E-state index contributed by atoms with van der Waals surface area (Å²) >= 11 is 0. The van der Waals surface area contributed by atoms with Gasteiger partial charge >= 0.3 is 0 Å². The van der Waals surface area contributed by atoms with E-state index in [4.69, 9.17) is 4.74 Å². The fourth-order valence-electron chi connectivity index (χ4n) is 5.27. The van der Waals surface area contributed by atoms with Crippen LogP contribution in [-0.4, -0.2) is 58.8 Å². The van der Waals surface area contributed by atoms with Crippen LogP contribution in [-0.2, 0) is 10.3 Å². The van der Waals surface area contributed by atoms with Crippen molar-refractivity contribution in [3.8, 4) is 0 Å². The van der Waals surface area contributed by atoms with Crippen molar-refractivity contribution in [3.63, 3.8) is 0 Å². The van der Waals surface area contributed by atoms with Gasteiger partial charge in [0.05, 0.1) is 18.2 Å². The molecule has 0 saturated carbocycles. The second-order valence-corrected chi connectivity index (χ2v) is 9.67. The largest absolute Gasteiger partial charge is 0.379 e. The van der Waals surface area contributed by atoms with Gasteiger partial charge in [0.15, 0.2) is 0 Å². The number of hydrogen-bond donors (Lipinski definition) is 2. The summed E-state index contributed by atoms with van der Waals surface area (Å²) in [4.78, 5) is 24.1. The third kappa shape index (κ3) is 4.21. The lowest BCUT2D eigenvalue weighted by Gasteiger charge is -2.43. The van der Waals surface area contributed by atoms with E-state index in [1.807, 2.05) is 13.8 Å². The molecule has 8 nitrogen and oxygen atoms in total. The number of nitrogens with zero attached hydrogens (tertiary/aromatic N) is 4. The highest BCUT2D eigenvalue weighted by Crippen LogP contribution is 2.37.